The summed E-state index contributed by atoms with van der Waals surface area (Å²) in [6.45, 7) is 2.21. The molecule has 0 saturated carbocycles. The molecule has 2 N–H and O–H groups in total. The molecule has 1 aromatic carbocycles. The average Bonchev–Trinajstić information content (AvgIpc) is 2.78. The van der Waals surface area contributed by atoms with Gasteiger partial charge in [0.15, 0.2) is 0 Å². The van der Waals surface area contributed by atoms with Crippen LogP contribution in [-0.4, -0.2) is 17.1 Å². The quantitative estimate of drug-likeness (QED) is 0.676. The normalized spacial score (nSPS) is 10.4. The van der Waals surface area contributed by atoms with Crippen LogP contribution in [0.5, 0.6) is 0 Å². The Labute approximate surface area is 120 Å². The Morgan fingerprint density at radius 2 is 2.25 bits per heavy atom. The molecule has 2 rings (SSSR count). The summed E-state index contributed by atoms with van der Waals surface area (Å²) in [7, 11) is 0. The van der Waals surface area contributed by atoms with E-state index in [0.29, 0.717) is 18.0 Å². The number of anilines is 1. The predicted molar refractivity (Wildman–Crippen MR) is 79.7 cm³/mol. The van der Waals surface area contributed by atoms with Crippen molar-refractivity contribution >= 4 is 23.0 Å². The Bertz CT molecular complexity index is 660. The van der Waals surface area contributed by atoms with Crippen LogP contribution in [0.4, 0.5) is 5.69 Å². The summed E-state index contributed by atoms with van der Waals surface area (Å²) < 4.78 is 6.43. The van der Waals surface area contributed by atoms with Gasteiger partial charge in [-0.25, -0.2) is 0 Å². The standard InChI is InChI=1S/C14H16N2O3S/c1-2-6-19-13(17)8-16-12(9-20-14(16)18)10-4-3-5-11(15)7-10/h3-5,7,9H,2,6,8,15H2,1H3. The van der Waals surface area contributed by atoms with Crippen LogP contribution in [0.1, 0.15) is 13.3 Å². The summed E-state index contributed by atoms with van der Waals surface area (Å²) in [5, 5.41) is 1.73. The summed E-state index contributed by atoms with van der Waals surface area (Å²) in [5.41, 5.74) is 7.85. The maximum absolute atomic E-state index is 11.9. The maximum Gasteiger partial charge on any atom is 0.326 e. The van der Waals surface area contributed by atoms with Gasteiger partial charge in [-0.2, -0.15) is 0 Å². The molecule has 0 amide bonds. The highest BCUT2D eigenvalue weighted by molar-refractivity contribution is 7.07. The summed E-state index contributed by atoms with van der Waals surface area (Å²) in [6, 6.07) is 7.21. The van der Waals surface area contributed by atoms with Crippen molar-refractivity contribution in [2.24, 2.45) is 0 Å². The molecular formula is C14H16N2O3S. The highest BCUT2D eigenvalue weighted by Gasteiger charge is 2.13. The van der Waals surface area contributed by atoms with Crippen molar-refractivity contribution < 1.29 is 9.53 Å². The van der Waals surface area contributed by atoms with E-state index in [-0.39, 0.29) is 11.4 Å². The van der Waals surface area contributed by atoms with Gasteiger partial charge in [0, 0.05) is 16.6 Å². The minimum Gasteiger partial charge on any atom is -0.464 e. The molecule has 5 nitrogen and oxygen atoms in total. The first kappa shape index (κ1) is 14.3. The summed E-state index contributed by atoms with van der Waals surface area (Å²) >= 11 is 1.06. The zero-order valence-corrected chi connectivity index (χ0v) is 12.0. The van der Waals surface area contributed by atoms with E-state index in [2.05, 4.69) is 0 Å². The third-order valence-corrected chi connectivity index (χ3v) is 3.48. The number of aromatic nitrogens is 1. The monoisotopic (exact) mass is 292 g/mol. The SMILES string of the molecule is CCCOC(=O)Cn1c(-c2cccc(N)c2)csc1=O. The van der Waals surface area contributed by atoms with Crippen LogP contribution in [0.25, 0.3) is 11.3 Å². The van der Waals surface area contributed by atoms with E-state index in [1.165, 1.54) is 4.57 Å². The third-order valence-electron chi connectivity index (χ3n) is 2.72. The van der Waals surface area contributed by atoms with Crippen molar-refractivity contribution in [1.82, 2.24) is 4.57 Å². The molecule has 0 spiro atoms. The second-order valence-corrected chi connectivity index (χ2v) is 5.14. The van der Waals surface area contributed by atoms with Crippen LogP contribution in [-0.2, 0) is 16.1 Å². The molecule has 0 aliphatic heterocycles. The first-order valence-electron chi connectivity index (χ1n) is 6.31. The number of nitrogens with two attached hydrogens (primary N) is 1. The molecule has 0 aliphatic rings. The number of hydrogen-bond acceptors (Lipinski definition) is 5. The number of carbonyl (C=O) groups excluding carboxylic acids is 1. The van der Waals surface area contributed by atoms with E-state index in [4.69, 9.17) is 10.5 Å². The fourth-order valence-corrected chi connectivity index (χ4v) is 2.56. The van der Waals surface area contributed by atoms with E-state index in [9.17, 15) is 9.59 Å². The Balaban J connectivity index is 2.28. The fraction of sp³-hybridized carbons (Fsp3) is 0.286. The first-order valence-corrected chi connectivity index (χ1v) is 7.19. The number of thiazole rings is 1. The van der Waals surface area contributed by atoms with Crippen molar-refractivity contribution in [3.05, 3.63) is 39.3 Å². The van der Waals surface area contributed by atoms with E-state index in [1.54, 1.807) is 17.5 Å². The van der Waals surface area contributed by atoms with Gasteiger partial charge in [0.25, 0.3) is 0 Å². The van der Waals surface area contributed by atoms with Gasteiger partial charge in [0.1, 0.15) is 6.54 Å². The lowest BCUT2D eigenvalue weighted by molar-refractivity contribution is -0.144. The second kappa shape index (κ2) is 6.38. The predicted octanol–water partition coefficient (Wildman–Crippen LogP) is 2.11. The number of esters is 1. The van der Waals surface area contributed by atoms with E-state index >= 15 is 0 Å². The van der Waals surface area contributed by atoms with Crippen molar-refractivity contribution in [1.29, 1.82) is 0 Å². The molecule has 6 heteroatoms. The van der Waals surface area contributed by atoms with Gasteiger partial charge in [0.05, 0.1) is 12.3 Å². The van der Waals surface area contributed by atoms with Gasteiger partial charge >= 0.3 is 10.8 Å². The Kier molecular flexibility index (Phi) is 4.57. The van der Waals surface area contributed by atoms with Gasteiger partial charge in [-0.3, -0.25) is 14.2 Å². The zero-order valence-electron chi connectivity index (χ0n) is 11.2. The molecule has 106 valence electrons. The molecule has 0 radical (unpaired) electrons. The van der Waals surface area contributed by atoms with Crippen LogP contribution in [0, 0.1) is 0 Å². The zero-order chi connectivity index (χ0) is 14.5. The largest absolute Gasteiger partial charge is 0.464 e. The topological polar surface area (TPSA) is 74.3 Å². The molecule has 20 heavy (non-hydrogen) atoms. The van der Waals surface area contributed by atoms with Gasteiger partial charge in [0.2, 0.25) is 0 Å². The number of carbonyl (C=O) groups is 1. The van der Waals surface area contributed by atoms with Gasteiger partial charge < -0.3 is 10.5 Å². The first-order chi connectivity index (χ1) is 9.61. The van der Waals surface area contributed by atoms with Crippen molar-refractivity contribution in [3.63, 3.8) is 0 Å². The molecule has 0 fully saturated rings. The van der Waals surface area contributed by atoms with Crippen LogP contribution < -0.4 is 10.6 Å². The van der Waals surface area contributed by atoms with Gasteiger partial charge in [-0.1, -0.05) is 30.4 Å². The third kappa shape index (κ3) is 3.27. The van der Waals surface area contributed by atoms with Crippen LogP contribution >= 0.6 is 11.3 Å². The Morgan fingerprint density at radius 3 is 2.95 bits per heavy atom. The second-order valence-electron chi connectivity index (χ2n) is 4.32. The number of hydrogen-bond donors (Lipinski definition) is 1. The van der Waals surface area contributed by atoms with Crippen LogP contribution in [0.3, 0.4) is 0 Å². The van der Waals surface area contributed by atoms with E-state index in [0.717, 1.165) is 23.3 Å². The summed E-state index contributed by atoms with van der Waals surface area (Å²) in [4.78, 5) is 23.3. The number of ether oxygens (including phenoxy) is 1. The lowest BCUT2D eigenvalue weighted by Crippen LogP contribution is -2.22. The number of nitrogen functional groups attached to an aromatic ring is 1. The lowest BCUT2D eigenvalue weighted by atomic mass is 10.1. The number of nitrogens with zero attached hydrogens (tertiary/aromatic N) is 1. The number of benzene rings is 1. The van der Waals surface area contributed by atoms with Gasteiger partial charge in [-0.05, 0) is 18.6 Å². The van der Waals surface area contributed by atoms with E-state index in [1.807, 2.05) is 19.1 Å². The van der Waals surface area contributed by atoms with E-state index < -0.39 is 5.97 Å². The average molecular weight is 292 g/mol. The molecular weight excluding hydrogens is 276 g/mol. The molecule has 1 aromatic heterocycles. The molecule has 0 bridgehead atoms. The minimum atomic E-state index is -0.405. The minimum absolute atomic E-state index is 0.0769. The highest BCUT2D eigenvalue weighted by Crippen LogP contribution is 2.22. The fourth-order valence-electron chi connectivity index (χ4n) is 1.79. The smallest absolute Gasteiger partial charge is 0.326 e. The summed E-state index contributed by atoms with van der Waals surface area (Å²) in [5.74, 6) is -0.405. The van der Waals surface area contributed by atoms with Crippen molar-refractivity contribution in [2.45, 2.75) is 19.9 Å². The molecule has 2 aromatic rings. The van der Waals surface area contributed by atoms with Gasteiger partial charge in [-0.15, -0.1) is 0 Å². The molecule has 0 saturated heterocycles. The highest BCUT2D eigenvalue weighted by atomic mass is 32.1. The lowest BCUT2D eigenvalue weighted by Gasteiger charge is -2.08. The Morgan fingerprint density at radius 1 is 1.45 bits per heavy atom. The van der Waals surface area contributed by atoms with Crippen molar-refractivity contribution in [2.75, 3.05) is 12.3 Å². The van der Waals surface area contributed by atoms with Crippen molar-refractivity contribution in [3.8, 4) is 11.3 Å². The maximum atomic E-state index is 11.9. The molecule has 0 atom stereocenters. The summed E-state index contributed by atoms with van der Waals surface area (Å²) in [6.07, 6.45) is 0.756. The Hall–Kier alpha value is -2.08. The molecule has 0 unspecified atom stereocenters. The number of rotatable bonds is 5. The molecule has 1 heterocycles. The van der Waals surface area contributed by atoms with Crippen LogP contribution in [0.2, 0.25) is 0 Å². The van der Waals surface area contributed by atoms with Crippen LogP contribution in [0.15, 0.2) is 34.4 Å². The molecule has 0 aliphatic carbocycles.